The summed E-state index contributed by atoms with van der Waals surface area (Å²) < 4.78 is 0. The topological polar surface area (TPSA) is 24.9 Å². The number of nitrogens with zero attached hydrogens (tertiary/aromatic N) is 1. The molecule has 2 nitrogen and oxygen atoms in total. The summed E-state index contributed by atoms with van der Waals surface area (Å²) in [5.74, 6) is 0. The average molecular weight is 307 g/mol. The fourth-order valence-electron chi connectivity index (χ4n) is 3.17. The molecule has 1 saturated carbocycles. The van der Waals surface area contributed by atoms with Crippen molar-refractivity contribution >= 4 is 11.8 Å². The number of aromatic nitrogens is 1. The maximum absolute atomic E-state index is 4.73. The van der Waals surface area contributed by atoms with Gasteiger partial charge in [0.1, 0.15) is 0 Å². The molecule has 0 spiro atoms. The minimum absolute atomic E-state index is 0.651. The van der Waals surface area contributed by atoms with Gasteiger partial charge in [0, 0.05) is 17.0 Å². The third kappa shape index (κ3) is 5.63. The van der Waals surface area contributed by atoms with Crippen molar-refractivity contribution < 1.29 is 0 Å². The zero-order valence-corrected chi connectivity index (χ0v) is 14.6. The third-order valence-electron chi connectivity index (χ3n) is 4.21. The molecule has 2 atom stereocenters. The predicted molar refractivity (Wildman–Crippen MR) is 93.1 cm³/mol. The van der Waals surface area contributed by atoms with E-state index in [0.29, 0.717) is 11.3 Å². The minimum Gasteiger partial charge on any atom is -0.313 e. The van der Waals surface area contributed by atoms with Crippen molar-refractivity contribution in [2.45, 2.75) is 82.0 Å². The molecule has 21 heavy (non-hydrogen) atoms. The highest BCUT2D eigenvalue weighted by atomic mass is 32.2. The molecule has 2 rings (SSSR count). The Labute approximate surface area is 134 Å². The Hall–Kier alpha value is -0.540. The lowest BCUT2D eigenvalue weighted by atomic mass is 9.96. The Bertz CT molecular complexity index is 411. The minimum atomic E-state index is 0.651. The standard InChI is InChI=1S/C18H30N2S/c1-4-11-19-16-9-7-5-6-8-10-17(16)21-18-13-14(2)12-15(3)20-18/h12-13,16-17,19H,4-11H2,1-3H3. The van der Waals surface area contributed by atoms with Crippen molar-refractivity contribution in [3.63, 3.8) is 0 Å². The van der Waals surface area contributed by atoms with E-state index in [9.17, 15) is 0 Å². The molecule has 1 N–H and O–H groups in total. The van der Waals surface area contributed by atoms with Gasteiger partial charge < -0.3 is 5.32 Å². The van der Waals surface area contributed by atoms with Crippen LogP contribution in [0.4, 0.5) is 0 Å². The van der Waals surface area contributed by atoms with Crippen molar-refractivity contribution in [3.05, 3.63) is 23.4 Å². The van der Waals surface area contributed by atoms with Gasteiger partial charge in [-0.3, -0.25) is 0 Å². The molecule has 3 heteroatoms. The van der Waals surface area contributed by atoms with Gasteiger partial charge in [0.25, 0.3) is 0 Å². The zero-order valence-electron chi connectivity index (χ0n) is 13.8. The molecule has 1 fully saturated rings. The lowest BCUT2D eigenvalue weighted by Crippen LogP contribution is -2.39. The normalized spacial score (nSPS) is 23.6. The Morgan fingerprint density at radius 2 is 1.90 bits per heavy atom. The highest BCUT2D eigenvalue weighted by Crippen LogP contribution is 2.32. The first kappa shape index (κ1) is 16.8. The van der Waals surface area contributed by atoms with E-state index in [1.165, 1.54) is 55.5 Å². The van der Waals surface area contributed by atoms with E-state index in [0.717, 1.165) is 12.2 Å². The largest absolute Gasteiger partial charge is 0.313 e. The van der Waals surface area contributed by atoms with E-state index < -0.39 is 0 Å². The zero-order chi connectivity index (χ0) is 15.1. The van der Waals surface area contributed by atoms with Crippen LogP contribution in [-0.2, 0) is 0 Å². The molecule has 1 aliphatic rings. The smallest absolute Gasteiger partial charge is 0.0968 e. The van der Waals surface area contributed by atoms with Gasteiger partial charge >= 0.3 is 0 Å². The molecule has 0 aromatic carbocycles. The second kappa shape index (κ2) is 8.79. The summed E-state index contributed by atoms with van der Waals surface area (Å²) in [6.07, 6.45) is 9.41. The summed E-state index contributed by atoms with van der Waals surface area (Å²) in [5, 5.41) is 5.67. The molecule has 1 heterocycles. The van der Waals surface area contributed by atoms with E-state index in [4.69, 9.17) is 4.98 Å². The maximum Gasteiger partial charge on any atom is 0.0968 e. The van der Waals surface area contributed by atoms with Crippen LogP contribution >= 0.6 is 11.8 Å². The van der Waals surface area contributed by atoms with Crippen molar-refractivity contribution in [1.29, 1.82) is 0 Å². The van der Waals surface area contributed by atoms with Crippen LogP contribution in [0, 0.1) is 13.8 Å². The van der Waals surface area contributed by atoms with Crippen LogP contribution in [0.25, 0.3) is 0 Å². The summed E-state index contributed by atoms with van der Waals surface area (Å²) in [6, 6.07) is 5.06. The van der Waals surface area contributed by atoms with E-state index in [1.54, 1.807) is 0 Å². The summed E-state index contributed by atoms with van der Waals surface area (Å²) in [7, 11) is 0. The molecule has 1 aliphatic carbocycles. The van der Waals surface area contributed by atoms with E-state index in [2.05, 4.69) is 38.2 Å². The van der Waals surface area contributed by atoms with Crippen LogP contribution in [0.1, 0.15) is 63.1 Å². The molecular weight excluding hydrogens is 276 g/mol. The summed E-state index contributed by atoms with van der Waals surface area (Å²) in [6.45, 7) is 7.66. The van der Waals surface area contributed by atoms with Crippen LogP contribution in [0.15, 0.2) is 17.2 Å². The van der Waals surface area contributed by atoms with Gasteiger partial charge in [-0.1, -0.05) is 32.6 Å². The van der Waals surface area contributed by atoms with Gasteiger partial charge in [-0.05, 0) is 57.4 Å². The molecule has 0 bridgehead atoms. The Balaban J connectivity index is 2.06. The monoisotopic (exact) mass is 306 g/mol. The van der Waals surface area contributed by atoms with Gasteiger partial charge in [0.15, 0.2) is 0 Å². The first-order valence-corrected chi connectivity index (χ1v) is 9.42. The second-order valence-electron chi connectivity index (χ2n) is 6.33. The van der Waals surface area contributed by atoms with Crippen LogP contribution in [0.5, 0.6) is 0 Å². The first-order chi connectivity index (χ1) is 10.2. The van der Waals surface area contributed by atoms with Crippen molar-refractivity contribution in [1.82, 2.24) is 10.3 Å². The van der Waals surface area contributed by atoms with Gasteiger partial charge in [-0.2, -0.15) is 0 Å². The number of hydrogen-bond acceptors (Lipinski definition) is 3. The summed E-state index contributed by atoms with van der Waals surface area (Å²) in [5.41, 5.74) is 2.47. The number of pyridine rings is 1. The van der Waals surface area contributed by atoms with Gasteiger partial charge in [0.05, 0.1) is 5.03 Å². The van der Waals surface area contributed by atoms with Crippen LogP contribution < -0.4 is 5.32 Å². The van der Waals surface area contributed by atoms with Crippen molar-refractivity contribution in [2.24, 2.45) is 0 Å². The van der Waals surface area contributed by atoms with Crippen LogP contribution in [-0.4, -0.2) is 22.8 Å². The molecule has 1 aromatic rings. The van der Waals surface area contributed by atoms with Crippen molar-refractivity contribution in [2.75, 3.05) is 6.54 Å². The Morgan fingerprint density at radius 1 is 1.14 bits per heavy atom. The lowest BCUT2D eigenvalue weighted by Gasteiger charge is -2.29. The number of nitrogens with one attached hydrogen (secondary N) is 1. The average Bonchev–Trinajstić information content (AvgIpc) is 2.40. The fraction of sp³-hybridized carbons (Fsp3) is 0.722. The Morgan fingerprint density at radius 3 is 2.62 bits per heavy atom. The third-order valence-corrected chi connectivity index (χ3v) is 5.52. The van der Waals surface area contributed by atoms with Crippen molar-refractivity contribution in [3.8, 4) is 0 Å². The van der Waals surface area contributed by atoms with E-state index >= 15 is 0 Å². The fourth-order valence-corrected chi connectivity index (χ4v) is 4.62. The predicted octanol–water partition coefficient (Wildman–Crippen LogP) is 4.88. The number of hydrogen-bond donors (Lipinski definition) is 1. The second-order valence-corrected chi connectivity index (χ2v) is 7.59. The number of rotatable bonds is 5. The summed E-state index contributed by atoms with van der Waals surface area (Å²) >= 11 is 2.00. The van der Waals surface area contributed by atoms with E-state index in [1.807, 2.05) is 11.8 Å². The molecular formula is C18H30N2S. The molecule has 2 unspecified atom stereocenters. The summed E-state index contributed by atoms with van der Waals surface area (Å²) in [4.78, 5) is 4.73. The number of thioether (sulfide) groups is 1. The molecule has 0 radical (unpaired) electrons. The number of aryl methyl sites for hydroxylation is 2. The van der Waals surface area contributed by atoms with Gasteiger partial charge in [-0.15, -0.1) is 11.8 Å². The Kier molecular flexibility index (Phi) is 7.05. The molecule has 0 saturated heterocycles. The maximum atomic E-state index is 4.73. The van der Waals surface area contributed by atoms with Crippen LogP contribution in [0.2, 0.25) is 0 Å². The lowest BCUT2D eigenvalue weighted by molar-refractivity contribution is 0.400. The highest BCUT2D eigenvalue weighted by molar-refractivity contribution is 7.99. The molecule has 0 aliphatic heterocycles. The highest BCUT2D eigenvalue weighted by Gasteiger charge is 2.23. The van der Waals surface area contributed by atoms with Crippen LogP contribution in [0.3, 0.4) is 0 Å². The SMILES string of the molecule is CCCNC1CCCCCCC1Sc1cc(C)cc(C)n1. The quantitative estimate of drug-likeness (QED) is 0.839. The van der Waals surface area contributed by atoms with Gasteiger partial charge in [0.2, 0.25) is 0 Å². The van der Waals surface area contributed by atoms with E-state index in [-0.39, 0.29) is 0 Å². The molecule has 118 valence electrons. The van der Waals surface area contributed by atoms with Gasteiger partial charge in [-0.25, -0.2) is 4.98 Å². The first-order valence-electron chi connectivity index (χ1n) is 8.54. The molecule has 0 amide bonds. The molecule has 1 aromatic heterocycles.